The summed E-state index contributed by atoms with van der Waals surface area (Å²) in [4.78, 5) is 15.4. The van der Waals surface area contributed by atoms with Crippen molar-refractivity contribution in [1.29, 1.82) is 0 Å². The van der Waals surface area contributed by atoms with Crippen LogP contribution in [0, 0.1) is 0 Å². The lowest BCUT2D eigenvalue weighted by Gasteiger charge is -2.35. The van der Waals surface area contributed by atoms with E-state index >= 15 is 0 Å². The Hall–Kier alpha value is -2.96. The molecular weight excluding hydrogens is 438 g/mol. The van der Waals surface area contributed by atoms with Crippen LogP contribution >= 0.6 is 0 Å². The predicted molar refractivity (Wildman–Crippen MR) is 137 cm³/mol. The van der Waals surface area contributed by atoms with Crippen LogP contribution in [-0.4, -0.2) is 48.8 Å². The Morgan fingerprint density at radius 2 is 1.69 bits per heavy atom. The minimum absolute atomic E-state index is 0.0797. The number of nitrogens with zero attached hydrogens (tertiary/aromatic N) is 2. The summed E-state index contributed by atoms with van der Waals surface area (Å²) in [5.74, 6) is 0.912. The Labute approximate surface area is 207 Å². The molecule has 0 bridgehead atoms. The molecule has 1 aliphatic carbocycles. The quantitative estimate of drug-likeness (QED) is 0.514. The number of rotatable bonds is 7. The van der Waals surface area contributed by atoms with Gasteiger partial charge in [-0.15, -0.1) is 0 Å². The molecule has 0 radical (unpaired) electrons. The molecule has 1 aromatic heterocycles. The van der Waals surface area contributed by atoms with E-state index in [1.54, 1.807) is 6.07 Å². The number of morpholine rings is 1. The summed E-state index contributed by atoms with van der Waals surface area (Å²) in [6.07, 6.45) is 4.73. The van der Waals surface area contributed by atoms with Gasteiger partial charge in [0, 0.05) is 31.3 Å². The molecule has 0 saturated carbocycles. The Morgan fingerprint density at radius 1 is 0.971 bits per heavy atom. The van der Waals surface area contributed by atoms with Gasteiger partial charge in [0.25, 0.3) is 5.91 Å². The molecule has 2 heterocycles. The molecule has 0 spiro atoms. The van der Waals surface area contributed by atoms with Crippen molar-refractivity contribution in [2.75, 3.05) is 32.8 Å². The number of hydrogen-bond donors (Lipinski definition) is 1. The Bertz CT molecular complexity index is 1150. The number of hydrogen-bond acceptors (Lipinski definition) is 5. The van der Waals surface area contributed by atoms with E-state index in [0.717, 1.165) is 31.5 Å². The number of carbonyl (C=O) groups is 1. The maximum Gasteiger partial charge on any atom is 0.273 e. The summed E-state index contributed by atoms with van der Waals surface area (Å²) in [5.41, 5.74) is 6.62. The molecule has 6 heteroatoms. The van der Waals surface area contributed by atoms with Crippen LogP contribution in [0.2, 0.25) is 0 Å². The van der Waals surface area contributed by atoms with Gasteiger partial charge in [0.1, 0.15) is 0 Å². The van der Waals surface area contributed by atoms with Crippen molar-refractivity contribution >= 4 is 5.91 Å². The topological polar surface area (TPSA) is 67.6 Å². The van der Waals surface area contributed by atoms with Crippen molar-refractivity contribution in [1.82, 2.24) is 15.4 Å². The highest BCUT2D eigenvalue weighted by atomic mass is 16.5. The molecule has 1 amide bonds. The van der Waals surface area contributed by atoms with E-state index < -0.39 is 0 Å². The zero-order valence-electron chi connectivity index (χ0n) is 20.8. The minimum Gasteiger partial charge on any atom is -0.379 e. The van der Waals surface area contributed by atoms with Crippen LogP contribution in [0.25, 0.3) is 11.3 Å². The molecule has 1 saturated heterocycles. The van der Waals surface area contributed by atoms with Gasteiger partial charge in [0.05, 0.1) is 19.3 Å². The van der Waals surface area contributed by atoms with E-state index in [4.69, 9.17) is 9.26 Å². The van der Waals surface area contributed by atoms with Crippen LogP contribution in [0.4, 0.5) is 0 Å². The number of fused-ring (bicyclic) bond motifs is 1. The van der Waals surface area contributed by atoms with E-state index in [1.807, 2.05) is 0 Å². The maximum absolute atomic E-state index is 13.0. The fourth-order valence-corrected chi connectivity index (χ4v) is 5.13. The average Bonchev–Trinajstić information content (AvgIpc) is 3.40. The van der Waals surface area contributed by atoms with Crippen molar-refractivity contribution in [2.45, 2.75) is 51.5 Å². The first-order chi connectivity index (χ1) is 17.1. The molecule has 0 unspecified atom stereocenters. The zero-order valence-corrected chi connectivity index (χ0v) is 20.8. The fourth-order valence-electron chi connectivity index (χ4n) is 5.13. The van der Waals surface area contributed by atoms with Crippen molar-refractivity contribution < 1.29 is 14.1 Å². The monoisotopic (exact) mass is 473 g/mol. The van der Waals surface area contributed by atoms with Gasteiger partial charge in [-0.1, -0.05) is 55.4 Å². The summed E-state index contributed by atoms with van der Waals surface area (Å²) < 4.78 is 11.1. The first-order valence-corrected chi connectivity index (χ1v) is 12.9. The summed E-state index contributed by atoms with van der Waals surface area (Å²) in [7, 11) is 0. The van der Waals surface area contributed by atoms with Crippen molar-refractivity contribution in [3.05, 3.63) is 76.5 Å². The molecular formula is C29H35N3O3. The lowest BCUT2D eigenvalue weighted by molar-refractivity contribution is 0.0162. The molecule has 1 fully saturated rings. The fraction of sp³-hybridized carbons (Fsp3) is 0.448. The van der Waals surface area contributed by atoms with Crippen LogP contribution in [0.15, 0.2) is 53.1 Å². The third-order valence-corrected chi connectivity index (χ3v) is 7.31. The largest absolute Gasteiger partial charge is 0.379 e. The Kier molecular flexibility index (Phi) is 7.30. The Morgan fingerprint density at radius 3 is 2.43 bits per heavy atom. The maximum atomic E-state index is 13.0. The smallest absolute Gasteiger partial charge is 0.273 e. The molecule has 5 rings (SSSR count). The van der Waals surface area contributed by atoms with Gasteiger partial charge in [-0.2, -0.15) is 0 Å². The second kappa shape index (κ2) is 10.8. The number of ether oxygens (including phenoxy) is 1. The highest BCUT2D eigenvalue weighted by molar-refractivity contribution is 5.93. The van der Waals surface area contributed by atoms with Crippen molar-refractivity contribution in [2.24, 2.45) is 0 Å². The number of aromatic nitrogens is 1. The first kappa shape index (κ1) is 23.8. The molecule has 35 heavy (non-hydrogen) atoms. The predicted octanol–water partition coefficient (Wildman–Crippen LogP) is 5.15. The van der Waals surface area contributed by atoms with Crippen LogP contribution < -0.4 is 5.32 Å². The average molecular weight is 474 g/mol. The standard InChI is InChI=1S/C29H35N3O3/c1-20(2)21-7-10-23(11-8-21)27(32-13-15-34-16-14-32)19-30-29(33)26-18-28(35-31-26)25-12-9-22-5-3-4-6-24(22)17-25/h7-12,17-18,20,27H,3-6,13-16,19H2,1-2H3,(H,30,33)/t27-/m0/s1. The molecule has 1 aliphatic heterocycles. The van der Waals surface area contributed by atoms with Gasteiger partial charge in [-0.25, -0.2) is 0 Å². The second-order valence-electron chi connectivity index (χ2n) is 9.96. The lowest BCUT2D eigenvalue weighted by Crippen LogP contribution is -2.43. The van der Waals surface area contributed by atoms with E-state index in [1.165, 1.54) is 35.1 Å². The van der Waals surface area contributed by atoms with Crippen LogP contribution in [0.3, 0.4) is 0 Å². The second-order valence-corrected chi connectivity index (χ2v) is 9.96. The summed E-state index contributed by atoms with van der Waals surface area (Å²) in [6, 6.07) is 17.0. The van der Waals surface area contributed by atoms with Crippen molar-refractivity contribution in [3.63, 3.8) is 0 Å². The Balaban J connectivity index is 1.28. The van der Waals surface area contributed by atoms with E-state index in [9.17, 15) is 4.79 Å². The number of amides is 1. The summed E-state index contributed by atoms with van der Waals surface area (Å²) in [5, 5.41) is 7.18. The SMILES string of the molecule is CC(C)c1ccc([C@H](CNC(=O)c2cc(-c3ccc4c(c3)CCCC4)on2)N2CCOCC2)cc1. The highest BCUT2D eigenvalue weighted by Gasteiger charge is 2.24. The summed E-state index contributed by atoms with van der Waals surface area (Å²) >= 11 is 0. The van der Waals surface area contributed by atoms with Gasteiger partial charge in [0.2, 0.25) is 0 Å². The minimum atomic E-state index is -0.213. The van der Waals surface area contributed by atoms with E-state index in [0.29, 0.717) is 37.1 Å². The number of carbonyl (C=O) groups excluding carboxylic acids is 1. The van der Waals surface area contributed by atoms with Crippen molar-refractivity contribution in [3.8, 4) is 11.3 Å². The van der Waals surface area contributed by atoms with Crippen LogP contribution in [-0.2, 0) is 17.6 Å². The van der Waals surface area contributed by atoms with Gasteiger partial charge in [0.15, 0.2) is 11.5 Å². The molecule has 2 aliphatic rings. The zero-order chi connectivity index (χ0) is 24.2. The van der Waals surface area contributed by atoms with E-state index in [-0.39, 0.29) is 11.9 Å². The molecule has 3 aromatic rings. The molecule has 1 N–H and O–H groups in total. The normalized spacial score (nSPS) is 17.2. The van der Waals surface area contributed by atoms with Crippen LogP contribution in [0.1, 0.15) is 71.4 Å². The molecule has 1 atom stereocenters. The number of aryl methyl sites for hydroxylation is 2. The van der Waals surface area contributed by atoms with Gasteiger partial charge in [-0.05, 0) is 59.9 Å². The third kappa shape index (κ3) is 5.49. The third-order valence-electron chi connectivity index (χ3n) is 7.31. The van der Waals surface area contributed by atoms with Crippen LogP contribution in [0.5, 0.6) is 0 Å². The highest BCUT2D eigenvalue weighted by Crippen LogP contribution is 2.28. The molecule has 2 aromatic carbocycles. The molecule has 6 nitrogen and oxygen atoms in total. The van der Waals surface area contributed by atoms with E-state index in [2.05, 4.69) is 71.7 Å². The first-order valence-electron chi connectivity index (χ1n) is 12.9. The lowest BCUT2D eigenvalue weighted by atomic mass is 9.90. The van der Waals surface area contributed by atoms with Gasteiger partial charge < -0.3 is 14.6 Å². The number of benzene rings is 2. The van der Waals surface area contributed by atoms with Gasteiger partial charge in [-0.3, -0.25) is 9.69 Å². The summed E-state index contributed by atoms with van der Waals surface area (Å²) in [6.45, 7) is 8.01. The number of nitrogens with one attached hydrogen (secondary N) is 1. The molecule has 184 valence electrons. The van der Waals surface area contributed by atoms with Gasteiger partial charge >= 0.3 is 0 Å².